The van der Waals surface area contributed by atoms with E-state index < -0.39 is 0 Å². The molecule has 0 amide bonds. The van der Waals surface area contributed by atoms with Crippen LogP contribution >= 0.6 is 0 Å². The number of hydrogen-bond donors (Lipinski definition) is 1. The first-order chi connectivity index (χ1) is 10.0. The molecule has 1 N–H and O–H groups in total. The van der Waals surface area contributed by atoms with Crippen molar-refractivity contribution in [1.82, 2.24) is 5.32 Å². The van der Waals surface area contributed by atoms with Gasteiger partial charge in [0, 0.05) is 16.3 Å². The van der Waals surface area contributed by atoms with Crippen molar-refractivity contribution in [3.63, 3.8) is 0 Å². The Labute approximate surface area is 135 Å². The Morgan fingerprint density at radius 3 is 2.32 bits per heavy atom. The molecule has 2 nitrogen and oxygen atoms in total. The Bertz CT molecular complexity index is 625. The van der Waals surface area contributed by atoms with Crippen LogP contribution in [0.5, 0.6) is 0 Å². The summed E-state index contributed by atoms with van der Waals surface area (Å²) in [5, 5.41) is 4.81. The zero-order valence-electron chi connectivity index (χ0n) is 15.2. The minimum Gasteiger partial charge on any atom is -0.461 e. The smallest absolute Gasteiger partial charge is 0.134 e. The topological polar surface area (TPSA) is 25.2 Å². The van der Waals surface area contributed by atoms with Gasteiger partial charge in [-0.15, -0.1) is 0 Å². The molecule has 2 rings (SSSR count). The monoisotopic (exact) mass is 301 g/mol. The van der Waals surface area contributed by atoms with Crippen LogP contribution in [0.1, 0.15) is 59.8 Å². The van der Waals surface area contributed by atoms with Crippen LogP contribution in [-0.2, 0) is 11.8 Å². The number of furan rings is 1. The van der Waals surface area contributed by atoms with Crippen molar-refractivity contribution in [2.45, 2.75) is 65.8 Å². The fourth-order valence-electron chi connectivity index (χ4n) is 2.54. The summed E-state index contributed by atoms with van der Waals surface area (Å²) < 4.78 is 5.97. The molecule has 0 unspecified atom stereocenters. The first-order valence-electron chi connectivity index (χ1n) is 8.32. The highest BCUT2D eigenvalue weighted by atomic mass is 16.3. The molecule has 22 heavy (non-hydrogen) atoms. The van der Waals surface area contributed by atoms with Gasteiger partial charge in [0.2, 0.25) is 0 Å². The van der Waals surface area contributed by atoms with Gasteiger partial charge in [-0.25, -0.2) is 0 Å². The normalized spacial score (nSPS) is 14.5. The Morgan fingerprint density at radius 1 is 1.05 bits per heavy atom. The second-order valence-corrected chi connectivity index (χ2v) is 8.67. The molecule has 122 valence electrons. The van der Waals surface area contributed by atoms with Gasteiger partial charge >= 0.3 is 0 Å². The SMILES string of the molecule is C[C@H](CNC(C)(C)C)Cc1ccc2oc(C(C)(C)C)cc2c1. The van der Waals surface area contributed by atoms with Crippen LogP contribution in [0.3, 0.4) is 0 Å². The molecule has 0 saturated heterocycles. The molecule has 2 aromatic rings. The van der Waals surface area contributed by atoms with Crippen LogP contribution in [0.25, 0.3) is 11.0 Å². The lowest BCUT2D eigenvalue weighted by molar-refractivity contribution is 0.381. The maximum absolute atomic E-state index is 5.97. The van der Waals surface area contributed by atoms with E-state index in [4.69, 9.17) is 4.42 Å². The number of fused-ring (bicyclic) bond motifs is 1. The summed E-state index contributed by atoms with van der Waals surface area (Å²) in [7, 11) is 0. The highest BCUT2D eigenvalue weighted by Gasteiger charge is 2.19. The lowest BCUT2D eigenvalue weighted by Crippen LogP contribution is -2.38. The first-order valence-corrected chi connectivity index (χ1v) is 8.32. The maximum atomic E-state index is 5.97. The van der Waals surface area contributed by atoms with E-state index in [1.807, 2.05) is 0 Å². The Morgan fingerprint density at radius 2 is 1.73 bits per heavy atom. The lowest BCUT2D eigenvalue weighted by atomic mass is 9.93. The van der Waals surface area contributed by atoms with E-state index in [0.29, 0.717) is 5.92 Å². The predicted molar refractivity (Wildman–Crippen MR) is 95.5 cm³/mol. The summed E-state index contributed by atoms with van der Waals surface area (Å²) in [6.07, 6.45) is 1.09. The highest BCUT2D eigenvalue weighted by molar-refractivity contribution is 5.79. The van der Waals surface area contributed by atoms with E-state index >= 15 is 0 Å². The third kappa shape index (κ3) is 4.61. The van der Waals surface area contributed by atoms with Crippen molar-refractivity contribution >= 4 is 11.0 Å². The van der Waals surface area contributed by atoms with Gasteiger partial charge in [0.25, 0.3) is 0 Å². The van der Waals surface area contributed by atoms with Crippen LogP contribution in [0.15, 0.2) is 28.7 Å². The molecule has 2 heteroatoms. The lowest BCUT2D eigenvalue weighted by Gasteiger charge is -2.23. The second-order valence-electron chi connectivity index (χ2n) is 8.67. The summed E-state index contributed by atoms with van der Waals surface area (Å²) in [6, 6.07) is 8.79. The highest BCUT2D eigenvalue weighted by Crippen LogP contribution is 2.29. The molecule has 1 atom stereocenters. The number of hydrogen-bond acceptors (Lipinski definition) is 2. The standard InChI is InChI=1S/C20H31NO/c1-14(13-21-20(5,6)7)10-15-8-9-17-16(11-15)12-18(22-17)19(2,3)4/h8-9,11-12,14,21H,10,13H2,1-7H3/t14-/m0/s1. The van der Waals surface area contributed by atoms with Crippen LogP contribution in [-0.4, -0.2) is 12.1 Å². The second kappa shape index (κ2) is 6.08. The first kappa shape index (κ1) is 17.1. The fourth-order valence-corrected chi connectivity index (χ4v) is 2.54. The van der Waals surface area contributed by atoms with Gasteiger partial charge in [-0.1, -0.05) is 33.8 Å². The van der Waals surface area contributed by atoms with Gasteiger partial charge in [0.05, 0.1) is 0 Å². The Kier molecular flexibility index (Phi) is 4.72. The van der Waals surface area contributed by atoms with Crippen LogP contribution in [0.4, 0.5) is 0 Å². The van der Waals surface area contributed by atoms with Crippen molar-refractivity contribution in [2.75, 3.05) is 6.54 Å². The zero-order valence-corrected chi connectivity index (χ0v) is 15.2. The van der Waals surface area contributed by atoms with E-state index in [2.05, 4.69) is 78.0 Å². The number of rotatable bonds is 4. The molecule has 0 aliphatic carbocycles. The Hall–Kier alpha value is -1.28. The largest absolute Gasteiger partial charge is 0.461 e. The summed E-state index contributed by atoms with van der Waals surface area (Å²) in [6.45, 7) is 16.5. The molecular formula is C20H31NO. The molecular weight excluding hydrogens is 270 g/mol. The molecule has 1 aromatic carbocycles. The molecule has 0 saturated carbocycles. The van der Waals surface area contributed by atoms with Crippen molar-refractivity contribution in [3.8, 4) is 0 Å². The van der Waals surface area contributed by atoms with E-state index in [9.17, 15) is 0 Å². The average molecular weight is 301 g/mol. The average Bonchev–Trinajstić information content (AvgIpc) is 2.78. The van der Waals surface area contributed by atoms with Crippen molar-refractivity contribution in [2.24, 2.45) is 5.92 Å². The minimum atomic E-state index is 0.0586. The quantitative estimate of drug-likeness (QED) is 0.829. The van der Waals surface area contributed by atoms with Gasteiger partial charge in [-0.05, 0) is 63.4 Å². The van der Waals surface area contributed by atoms with Gasteiger partial charge in [-0.2, -0.15) is 0 Å². The summed E-state index contributed by atoms with van der Waals surface area (Å²) in [4.78, 5) is 0. The molecule has 0 radical (unpaired) electrons. The van der Waals surface area contributed by atoms with E-state index in [1.165, 1.54) is 10.9 Å². The van der Waals surface area contributed by atoms with Crippen molar-refractivity contribution in [3.05, 3.63) is 35.6 Å². The molecule has 0 aliphatic rings. The number of nitrogens with one attached hydrogen (secondary N) is 1. The van der Waals surface area contributed by atoms with Gasteiger partial charge in [0.15, 0.2) is 0 Å². The molecule has 1 aromatic heterocycles. The van der Waals surface area contributed by atoms with E-state index in [1.54, 1.807) is 0 Å². The van der Waals surface area contributed by atoms with Crippen molar-refractivity contribution in [1.29, 1.82) is 0 Å². The number of benzene rings is 1. The molecule has 0 bridgehead atoms. The maximum Gasteiger partial charge on any atom is 0.134 e. The van der Waals surface area contributed by atoms with Crippen LogP contribution in [0, 0.1) is 5.92 Å². The predicted octanol–water partition coefficient (Wildman–Crippen LogP) is 5.30. The van der Waals surface area contributed by atoms with Crippen molar-refractivity contribution < 1.29 is 4.42 Å². The summed E-state index contributed by atoms with van der Waals surface area (Å²) in [5.74, 6) is 1.67. The third-order valence-corrected chi connectivity index (χ3v) is 3.88. The van der Waals surface area contributed by atoms with Crippen LogP contribution < -0.4 is 5.32 Å². The van der Waals surface area contributed by atoms with Gasteiger partial charge < -0.3 is 9.73 Å². The summed E-state index contributed by atoms with van der Waals surface area (Å²) in [5.41, 5.74) is 2.62. The Balaban J connectivity index is 2.09. The molecule has 0 aliphatic heterocycles. The van der Waals surface area contributed by atoms with Gasteiger partial charge in [-0.3, -0.25) is 0 Å². The van der Waals surface area contributed by atoms with E-state index in [-0.39, 0.29) is 11.0 Å². The zero-order chi connectivity index (χ0) is 16.5. The van der Waals surface area contributed by atoms with Crippen LogP contribution in [0.2, 0.25) is 0 Å². The fraction of sp³-hybridized carbons (Fsp3) is 0.600. The third-order valence-electron chi connectivity index (χ3n) is 3.88. The van der Waals surface area contributed by atoms with Gasteiger partial charge in [0.1, 0.15) is 11.3 Å². The minimum absolute atomic E-state index is 0.0586. The van der Waals surface area contributed by atoms with E-state index in [0.717, 1.165) is 24.3 Å². The molecule has 1 heterocycles. The molecule has 0 spiro atoms. The summed E-state index contributed by atoms with van der Waals surface area (Å²) >= 11 is 0. The molecule has 0 fully saturated rings.